The van der Waals surface area contributed by atoms with E-state index in [1.165, 1.54) is 4.31 Å². The van der Waals surface area contributed by atoms with Crippen LogP contribution in [0.1, 0.15) is 18.4 Å². The van der Waals surface area contributed by atoms with Gasteiger partial charge in [-0.05, 0) is 67.8 Å². The van der Waals surface area contributed by atoms with E-state index < -0.39 is 10.0 Å². The number of rotatable bonds is 6. The number of nitrogens with zero attached hydrogens (tertiary/aromatic N) is 2. The summed E-state index contributed by atoms with van der Waals surface area (Å²) in [5, 5.41) is 0. The van der Waals surface area contributed by atoms with Crippen molar-refractivity contribution >= 4 is 21.6 Å². The molecule has 1 aliphatic heterocycles. The summed E-state index contributed by atoms with van der Waals surface area (Å²) in [6, 6.07) is 12.0. The summed E-state index contributed by atoms with van der Waals surface area (Å²) in [5.74, 6) is 0.872. The Labute approximate surface area is 178 Å². The van der Waals surface area contributed by atoms with Crippen LogP contribution in [0.15, 0.2) is 47.4 Å². The van der Waals surface area contributed by atoms with Gasteiger partial charge in [0.05, 0.1) is 25.0 Å². The average molecular weight is 433 g/mol. The van der Waals surface area contributed by atoms with Gasteiger partial charge in [0.1, 0.15) is 11.5 Å². The molecule has 1 heterocycles. The van der Waals surface area contributed by atoms with Gasteiger partial charge in [0.15, 0.2) is 0 Å². The molecule has 1 amide bonds. The van der Waals surface area contributed by atoms with Crippen LogP contribution in [0.5, 0.6) is 11.5 Å². The molecule has 0 saturated carbocycles. The molecule has 0 radical (unpaired) electrons. The summed E-state index contributed by atoms with van der Waals surface area (Å²) in [6.07, 6.45) is 1.30. The summed E-state index contributed by atoms with van der Waals surface area (Å²) in [7, 11) is 1.17. The number of piperidine rings is 1. The van der Waals surface area contributed by atoms with Crippen LogP contribution in [-0.4, -0.2) is 53.0 Å². The molecule has 0 bridgehead atoms. The standard InChI is InChI=1S/C22H28N2O5S/c1-16-14-20(11-12-21(16)29-4)30(26,27)24-13-5-6-17(15-24)22(25)23(2)18-7-9-19(28-3)10-8-18/h7-12,14,17H,5-6,13,15H2,1-4H3/t17-/m0/s1. The summed E-state index contributed by atoms with van der Waals surface area (Å²) in [6.45, 7) is 2.39. The van der Waals surface area contributed by atoms with Gasteiger partial charge in [0.2, 0.25) is 15.9 Å². The summed E-state index contributed by atoms with van der Waals surface area (Å²) in [4.78, 5) is 14.9. The van der Waals surface area contributed by atoms with Crippen LogP contribution in [0.4, 0.5) is 5.69 Å². The molecule has 2 aromatic rings. The largest absolute Gasteiger partial charge is 0.497 e. The van der Waals surface area contributed by atoms with E-state index in [1.54, 1.807) is 56.5 Å². The van der Waals surface area contributed by atoms with E-state index in [-0.39, 0.29) is 23.3 Å². The van der Waals surface area contributed by atoms with Gasteiger partial charge >= 0.3 is 0 Å². The van der Waals surface area contributed by atoms with Crippen molar-refractivity contribution in [3.8, 4) is 11.5 Å². The lowest BCUT2D eigenvalue weighted by Crippen LogP contribution is -2.45. The van der Waals surface area contributed by atoms with E-state index in [0.29, 0.717) is 30.9 Å². The fourth-order valence-electron chi connectivity index (χ4n) is 3.73. The Morgan fingerprint density at radius 2 is 1.80 bits per heavy atom. The van der Waals surface area contributed by atoms with Gasteiger partial charge < -0.3 is 14.4 Å². The maximum absolute atomic E-state index is 13.2. The number of hydrogen-bond donors (Lipinski definition) is 0. The van der Waals surface area contributed by atoms with E-state index in [2.05, 4.69) is 0 Å². The molecule has 162 valence electrons. The molecule has 0 aromatic heterocycles. The molecule has 3 rings (SSSR count). The molecular formula is C22H28N2O5S. The highest BCUT2D eigenvalue weighted by Crippen LogP contribution is 2.29. The van der Waals surface area contributed by atoms with Crippen LogP contribution >= 0.6 is 0 Å². The zero-order chi connectivity index (χ0) is 21.9. The number of ether oxygens (including phenoxy) is 2. The molecule has 0 aliphatic carbocycles. The smallest absolute Gasteiger partial charge is 0.243 e. The molecule has 1 fully saturated rings. The van der Waals surface area contributed by atoms with Crippen molar-refractivity contribution in [3.05, 3.63) is 48.0 Å². The normalized spacial score (nSPS) is 17.4. The number of amides is 1. The molecule has 1 saturated heterocycles. The Morgan fingerprint density at radius 3 is 2.40 bits per heavy atom. The van der Waals surface area contributed by atoms with Crippen molar-refractivity contribution in [1.29, 1.82) is 0 Å². The number of benzene rings is 2. The number of anilines is 1. The summed E-state index contributed by atoms with van der Waals surface area (Å²) in [5.41, 5.74) is 1.49. The van der Waals surface area contributed by atoms with Crippen molar-refractivity contribution in [1.82, 2.24) is 4.31 Å². The van der Waals surface area contributed by atoms with Crippen molar-refractivity contribution < 1.29 is 22.7 Å². The highest BCUT2D eigenvalue weighted by molar-refractivity contribution is 7.89. The molecule has 0 N–H and O–H groups in total. The van der Waals surface area contributed by atoms with Gasteiger partial charge in [0.25, 0.3) is 0 Å². The van der Waals surface area contributed by atoms with E-state index in [4.69, 9.17) is 9.47 Å². The maximum atomic E-state index is 13.2. The molecule has 1 atom stereocenters. The van der Waals surface area contributed by atoms with Gasteiger partial charge in [-0.3, -0.25) is 4.79 Å². The number of carbonyl (C=O) groups is 1. The van der Waals surface area contributed by atoms with Gasteiger partial charge in [-0.25, -0.2) is 8.42 Å². The summed E-state index contributed by atoms with van der Waals surface area (Å²) >= 11 is 0. The molecule has 7 nitrogen and oxygen atoms in total. The third-order valence-electron chi connectivity index (χ3n) is 5.53. The second-order valence-corrected chi connectivity index (χ2v) is 9.37. The predicted octanol–water partition coefficient (Wildman–Crippen LogP) is 3.08. The van der Waals surface area contributed by atoms with Gasteiger partial charge in [0, 0.05) is 25.8 Å². The number of methoxy groups -OCH3 is 2. The van der Waals surface area contributed by atoms with E-state index in [9.17, 15) is 13.2 Å². The quantitative estimate of drug-likeness (QED) is 0.701. The first kappa shape index (κ1) is 22.1. The van der Waals surface area contributed by atoms with Crippen LogP contribution in [0.2, 0.25) is 0 Å². The Hall–Kier alpha value is -2.58. The maximum Gasteiger partial charge on any atom is 0.243 e. The van der Waals surface area contributed by atoms with Crippen molar-refractivity contribution in [3.63, 3.8) is 0 Å². The fourth-order valence-corrected chi connectivity index (χ4v) is 5.34. The lowest BCUT2D eigenvalue weighted by atomic mass is 9.98. The highest BCUT2D eigenvalue weighted by Gasteiger charge is 2.34. The molecular weight excluding hydrogens is 404 g/mol. The van der Waals surface area contributed by atoms with E-state index in [0.717, 1.165) is 11.3 Å². The summed E-state index contributed by atoms with van der Waals surface area (Å²) < 4.78 is 38.1. The molecule has 0 spiro atoms. The average Bonchev–Trinajstić information content (AvgIpc) is 2.78. The minimum atomic E-state index is -3.68. The van der Waals surface area contributed by atoms with Crippen LogP contribution in [0.25, 0.3) is 0 Å². The molecule has 8 heteroatoms. The topological polar surface area (TPSA) is 76.2 Å². The zero-order valence-corrected chi connectivity index (χ0v) is 18.6. The molecule has 1 aliphatic rings. The number of aryl methyl sites for hydroxylation is 1. The highest BCUT2D eigenvalue weighted by atomic mass is 32.2. The van der Waals surface area contributed by atoms with Crippen LogP contribution < -0.4 is 14.4 Å². The van der Waals surface area contributed by atoms with Crippen LogP contribution in [0.3, 0.4) is 0 Å². The Bertz CT molecular complexity index is 1000. The van der Waals surface area contributed by atoms with Gasteiger partial charge in [-0.2, -0.15) is 4.31 Å². The molecule has 30 heavy (non-hydrogen) atoms. The first-order valence-electron chi connectivity index (χ1n) is 9.84. The first-order chi connectivity index (χ1) is 14.3. The minimum absolute atomic E-state index is 0.0917. The lowest BCUT2D eigenvalue weighted by Gasteiger charge is -2.33. The third kappa shape index (κ3) is 4.44. The Balaban J connectivity index is 1.76. The number of hydrogen-bond acceptors (Lipinski definition) is 5. The van der Waals surface area contributed by atoms with Crippen molar-refractivity contribution in [2.24, 2.45) is 5.92 Å². The second-order valence-electron chi connectivity index (χ2n) is 7.43. The minimum Gasteiger partial charge on any atom is -0.497 e. The Morgan fingerprint density at radius 1 is 1.10 bits per heavy atom. The van der Waals surface area contributed by atoms with Crippen molar-refractivity contribution in [2.75, 3.05) is 39.3 Å². The van der Waals surface area contributed by atoms with Crippen LogP contribution in [-0.2, 0) is 14.8 Å². The number of carbonyl (C=O) groups excluding carboxylic acids is 1. The lowest BCUT2D eigenvalue weighted by molar-refractivity contribution is -0.123. The number of sulfonamides is 1. The second kappa shape index (κ2) is 9.06. The zero-order valence-electron chi connectivity index (χ0n) is 17.8. The predicted molar refractivity (Wildman–Crippen MR) is 116 cm³/mol. The first-order valence-corrected chi connectivity index (χ1v) is 11.3. The molecule has 0 unspecified atom stereocenters. The van der Waals surface area contributed by atoms with Gasteiger partial charge in [-0.15, -0.1) is 0 Å². The van der Waals surface area contributed by atoms with Gasteiger partial charge in [-0.1, -0.05) is 0 Å². The fraction of sp³-hybridized carbons (Fsp3) is 0.409. The van der Waals surface area contributed by atoms with E-state index >= 15 is 0 Å². The molecule has 2 aromatic carbocycles. The Kier molecular flexibility index (Phi) is 6.67. The third-order valence-corrected chi connectivity index (χ3v) is 7.39. The van der Waals surface area contributed by atoms with E-state index in [1.807, 2.05) is 19.1 Å². The van der Waals surface area contributed by atoms with Crippen molar-refractivity contribution in [2.45, 2.75) is 24.7 Å². The SMILES string of the molecule is COc1ccc(N(C)C(=O)[C@H]2CCCN(S(=O)(=O)c3ccc(OC)c(C)c3)C2)cc1. The monoisotopic (exact) mass is 432 g/mol. The van der Waals surface area contributed by atoms with Crippen LogP contribution in [0, 0.1) is 12.8 Å².